The number of carbonyl (C=O) groups is 2. The fourth-order valence-electron chi connectivity index (χ4n) is 2.93. The van der Waals surface area contributed by atoms with Gasteiger partial charge in [-0.2, -0.15) is 8.78 Å². The highest BCUT2D eigenvalue weighted by Crippen LogP contribution is 2.34. The van der Waals surface area contributed by atoms with Crippen molar-refractivity contribution in [3.63, 3.8) is 0 Å². The van der Waals surface area contributed by atoms with E-state index in [-0.39, 0.29) is 30.5 Å². The summed E-state index contributed by atoms with van der Waals surface area (Å²) in [6.07, 6.45) is 2.14. The van der Waals surface area contributed by atoms with Gasteiger partial charge in [0.25, 0.3) is 5.91 Å². The molecule has 1 aliphatic rings. The van der Waals surface area contributed by atoms with Crippen molar-refractivity contribution >= 4 is 57.8 Å². The summed E-state index contributed by atoms with van der Waals surface area (Å²) in [7, 11) is 0. The first-order valence-corrected chi connectivity index (χ1v) is 11.2. The van der Waals surface area contributed by atoms with Crippen LogP contribution in [-0.2, 0) is 16.1 Å². The van der Waals surface area contributed by atoms with E-state index in [1.807, 2.05) is 12.1 Å². The number of hydrogen-bond acceptors (Lipinski definition) is 5. The van der Waals surface area contributed by atoms with Gasteiger partial charge in [0.05, 0.1) is 4.91 Å². The number of rotatable bonds is 9. The number of halogens is 3. The van der Waals surface area contributed by atoms with Gasteiger partial charge in [-0.3, -0.25) is 14.5 Å². The van der Waals surface area contributed by atoms with E-state index in [1.54, 1.807) is 30.3 Å². The Morgan fingerprint density at radius 1 is 1.22 bits per heavy atom. The van der Waals surface area contributed by atoms with E-state index in [9.17, 15) is 18.4 Å². The molecule has 32 heavy (non-hydrogen) atoms. The van der Waals surface area contributed by atoms with Crippen LogP contribution in [0.3, 0.4) is 0 Å². The van der Waals surface area contributed by atoms with Crippen molar-refractivity contribution in [3.05, 3.63) is 69.6 Å². The first-order chi connectivity index (χ1) is 15.3. The minimum atomic E-state index is -2.97. The number of nitrogens with zero attached hydrogens (tertiary/aromatic N) is 1. The van der Waals surface area contributed by atoms with Gasteiger partial charge in [-0.05, 0) is 36.3 Å². The second kappa shape index (κ2) is 11.4. The standard InChI is InChI=1S/C22H19ClF2N2O3S2/c23-16-9-7-14(8-10-16)13-26-19(28)6-3-11-27-20(29)18(32-22(27)31)12-15-4-1-2-5-17(15)30-21(24)25/h1-2,4-5,7-10,12,21H,3,6,11,13H2,(H,26,28)/b18-12+. The molecule has 0 atom stereocenters. The molecule has 0 radical (unpaired) electrons. The van der Waals surface area contributed by atoms with Crippen molar-refractivity contribution in [3.8, 4) is 5.75 Å². The number of amides is 2. The molecule has 5 nitrogen and oxygen atoms in total. The summed E-state index contributed by atoms with van der Waals surface area (Å²) < 4.78 is 30.1. The number of alkyl halides is 2. The summed E-state index contributed by atoms with van der Waals surface area (Å²) in [6.45, 7) is -2.30. The van der Waals surface area contributed by atoms with E-state index in [2.05, 4.69) is 10.1 Å². The minimum absolute atomic E-state index is 0.0230. The van der Waals surface area contributed by atoms with Crippen LogP contribution in [0.1, 0.15) is 24.0 Å². The summed E-state index contributed by atoms with van der Waals surface area (Å²) in [5, 5.41) is 3.45. The highest BCUT2D eigenvalue weighted by atomic mass is 35.5. The zero-order valence-corrected chi connectivity index (χ0v) is 19.1. The molecule has 0 bridgehead atoms. The topological polar surface area (TPSA) is 58.6 Å². The van der Waals surface area contributed by atoms with Crippen molar-refractivity contribution in [1.29, 1.82) is 0 Å². The Bertz CT molecular complexity index is 1030. The molecule has 0 unspecified atom stereocenters. The van der Waals surface area contributed by atoms with Crippen LogP contribution in [0.2, 0.25) is 5.02 Å². The third-order valence-electron chi connectivity index (χ3n) is 4.48. The van der Waals surface area contributed by atoms with Crippen LogP contribution >= 0.6 is 35.6 Å². The van der Waals surface area contributed by atoms with Gasteiger partial charge >= 0.3 is 6.61 Å². The first-order valence-electron chi connectivity index (χ1n) is 9.64. The highest BCUT2D eigenvalue weighted by Gasteiger charge is 2.32. The summed E-state index contributed by atoms with van der Waals surface area (Å²) in [5.74, 6) is -0.488. The third kappa shape index (κ3) is 6.75. The Labute approximate surface area is 198 Å². The van der Waals surface area contributed by atoms with Crippen molar-refractivity contribution in [2.24, 2.45) is 0 Å². The third-order valence-corrected chi connectivity index (χ3v) is 6.11. The van der Waals surface area contributed by atoms with Gasteiger partial charge in [0, 0.05) is 30.1 Å². The van der Waals surface area contributed by atoms with Crippen LogP contribution in [0, 0.1) is 0 Å². The maximum absolute atomic E-state index is 12.7. The summed E-state index contributed by atoms with van der Waals surface area (Å²) in [5.41, 5.74) is 1.29. The molecule has 3 rings (SSSR count). The molecule has 1 heterocycles. The minimum Gasteiger partial charge on any atom is -0.434 e. The average molecular weight is 497 g/mol. The molecule has 0 aliphatic carbocycles. The van der Waals surface area contributed by atoms with Gasteiger partial charge in [-0.1, -0.05) is 65.9 Å². The molecule has 168 valence electrons. The predicted molar refractivity (Wildman–Crippen MR) is 125 cm³/mol. The Kier molecular flexibility index (Phi) is 8.60. The number of benzene rings is 2. The molecule has 1 aliphatic heterocycles. The normalized spacial score (nSPS) is 15.0. The SMILES string of the molecule is O=C(CCCN1C(=O)/C(=C\c2ccccc2OC(F)F)SC1=S)NCc1ccc(Cl)cc1. The van der Waals surface area contributed by atoms with Gasteiger partial charge in [-0.25, -0.2) is 0 Å². The van der Waals surface area contributed by atoms with Crippen LogP contribution in [0.25, 0.3) is 6.08 Å². The fraction of sp³-hybridized carbons (Fsp3) is 0.227. The van der Waals surface area contributed by atoms with Crippen LogP contribution in [-0.4, -0.2) is 34.2 Å². The van der Waals surface area contributed by atoms with E-state index in [1.165, 1.54) is 17.0 Å². The zero-order chi connectivity index (χ0) is 23.1. The molecular formula is C22H19ClF2N2O3S2. The largest absolute Gasteiger partial charge is 0.434 e. The molecule has 10 heteroatoms. The summed E-state index contributed by atoms with van der Waals surface area (Å²) in [6, 6.07) is 13.4. The fourth-order valence-corrected chi connectivity index (χ4v) is 4.35. The Balaban J connectivity index is 1.52. The molecule has 2 aromatic carbocycles. The lowest BCUT2D eigenvalue weighted by molar-refractivity contribution is -0.124. The first kappa shape index (κ1) is 24.2. The molecule has 0 saturated carbocycles. The Hall–Kier alpha value is -2.49. The van der Waals surface area contributed by atoms with Crippen molar-refractivity contribution < 1.29 is 23.1 Å². The lowest BCUT2D eigenvalue weighted by Gasteiger charge is -2.14. The van der Waals surface area contributed by atoms with Crippen molar-refractivity contribution in [1.82, 2.24) is 10.2 Å². The number of ether oxygens (including phenoxy) is 1. The van der Waals surface area contributed by atoms with Gasteiger partial charge in [0.1, 0.15) is 10.1 Å². The quantitative estimate of drug-likeness (QED) is 0.380. The summed E-state index contributed by atoms with van der Waals surface area (Å²) in [4.78, 5) is 26.5. The van der Waals surface area contributed by atoms with E-state index in [0.29, 0.717) is 32.8 Å². The van der Waals surface area contributed by atoms with Crippen molar-refractivity contribution in [2.45, 2.75) is 26.0 Å². The molecule has 0 aromatic heterocycles. The van der Waals surface area contributed by atoms with E-state index in [4.69, 9.17) is 23.8 Å². The number of thiocarbonyl (C=S) groups is 1. The molecular weight excluding hydrogens is 478 g/mol. The van der Waals surface area contributed by atoms with Gasteiger partial charge in [0.2, 0.25) is 5.91 Å². The second-order valence-electron chi connectivity index (χ2n) is 6.76. The average Bonchev–Trinajstić information content (AvgIpc) is 3.02. The van der Waals surface area contributed by atoms with E-state index >= 15 is 0 Å². The molecule has 2 amide bonds. The maximum atomic E-state index is 12.7. The number of thioether (sulfide) groups is 1. The van der Waals surface area contributed by atoms with Crippen LogP contribution in [0.15, 0.2) is 53.4 Å². The maximum Gasteiger partial charge on any atom is 0.387 e. The number of nitrogens with one attached hydrogen (secondary N) is 1. The Morgan fingerprint density at radius 2 is 1.94 bits per heavy atom. The molecule has 2 aromatic rings. The second-order valence-corrected chi connectivity index (χ2v) is 8.87. The van der Waals surface area contributed by atoms with Gasteiger partial charge < -0.3 is 10.1 Å². The van der Waals surface area contributed by atoms with Crippen LogP contribution in [0.4, 0.5) is 8.78 Å². The van der Waals surface area contributed by atoms with Gasteiger partial charge in [0.15, 0.2) is 0 Å². The van der Waals surface area contributed by atoms with E-state index in [0.717, 1.165) is 17.3 Å². The smallest absolute Gasteiger partial charge is 0.387 e. The lowest BCUT2D eigenvalue weighted by Crippen LogP contribution is -2.30. The zero-order valence-electron chi connectivity index (χ0n) is 16.7. The molecule has 1 N–H and O–H groups in total. The van der Waals surface area contributed by atoms with Crippen LogP contribution in [0.5, 0.6) is 5.75 Å². The van der Waals surface area contributed by atoms with Gasteiger partial charge in [-0.15, -0.1) is 0 Å². The highest BCUT2D eigenvalue weighted by molar-refractivity contribution is 8.26. The Morgan fingerprint density at radius 3 is 2.66 bits per heavy atom. The van der Waals surface area contributed by atoms with Crippen molar-refractivity contribution in [2.75, 3.05) is 6.54 Å². The molecule has 1 fully saturated rings. The van der Waals surface area contributed by atoms with E-state index < -0.39 is 6.61 Å². The molecule has 0 spiro atoms. The molecule has 1 saturated heterocycles. The van der Waals surface area contributed by atoms with Crippen LogP contribution < -0.4 is 10.1 Å². The lowest BCUT2D eigenvalue weighted by atomic mass is 10.2. The monoisotopic (exact) mass is 496 g/mol. The number of carbonyl (C=O) groups excluding carboxylic acids is 2. The number of hydrogen-bond donors (Lipinski definition) is 1. The number of para-hydroxylation sites is 1. The predicted octanol–water partition coefficient (Wildman–Crippen LogP) is 5.24. The summed E-state index contributed by atoms with van der Waals surface area (Å²) >= 11 is 12.2.